The number of hydrogen-bond donors (Lipinski definition) is 2. The van der Waals surface area contributed by atoms with E-state index in [1.165, 1.54) is 12.8 Å². The number of rotatable bonds is 4. The fourth-order valence-corrected chi connectivity index (χ4v) is 2.39. The van der Waals surface area contributed by atoms with E-state index in [2.05, 4.69) is 5.32 Å². The van der Waals surface area contributed by atoms with Crippen LogP contribution in [0.1, 0.15) is 32.6 Å². The third kappa shape index (κ3) is 3.45. The Morgan fingerprint density at radius 1 is 1.39 bits per heavy atom. The summed E-state index contributed by atoms with van der Waals surface area (Å²) in [5.41, 5.74) is 5.60. The van der Waals surface area contributed by atoms with Gasteiger partial charge in [0.2, 0.25) is 11.8 Å². The van der Waals surface area contributed by atoms with Crippen LogP contribution in [0.2, 0.25) is 0 Å². The first kappa shape index (κ1) is 13.3. The number of carbonyl (C=O) groups excluding carboxylic acids is 2. The van der Waals surface area contributed by atoms with E-state index in [9.17, 15) is 9.59 Å². The van der Waals surface area contributed by atoms with Crippen molar-refractivity contribution in [3.63, 3.8) is 0 Å². The van der Waals surface area contributed by atoms with Gasteiger partial charge < -0.3 is 16.0 Å². The van der Waals surface area contributed by atoms with Crippen LogP contribution in [-0.2, 0) is 9.59 Å². The fourth-order valence-electron chi connectivity index (χ4n) is 2.39. The zero-order valence-electron chi connectivity index (χ0n) is 11.0. The molecule has 0 aromatic carbocycles. The first-order valence-corrected chi connectivity index (χ1v) is 6.90. The van der Waals surface area contributed by atoms with Gasteiger partial charge in [0.05, 0.1) is 12.0 Å². The molecule has 1 aliphatic heterocycles. The van der Waals surface area contributed by atoms with Gasteiger partial charge in [0.25, 0.3) is 0 Å². The second-order valence-electron chi connectivity index (χ2n) is 5.60. The Morgan fingerprint density at radius 3 is 2.72 bits per heavy atom. The molecule has 0 radical (unpaired) electrons. The third-order valence-corrected chi connectivity index (χ3v) is 3.76. The van der Waals surface area contributed by atoms with E-state index in [4.69, 9.17) is 5.73 Å². The third-order valence-electron chi connectivity index (χ3n) is 3.76. The highest BCUT2D eigenvalue weighted by atomic mass is 16.2. The van der Waals surface area contributed by atoms with Crippen LogP contribution in [0.15, 0.2) is 0 Å². The van der Waals surface area contributed by atoms with Crippen LogP contribution in [0, 0.1) is 11.8 Å². The smallest absolute Gasteiger partial charge is 0.239 e. The van der Waals surface area contributed by atoms with Gasteiger partial charge in [-0.1, -0.05) is 0 Å². The van der Waals surface area contributed by atoms with E-state index in [0.717, 1.165) is 25.9 Å². The Labute approximate surface area is 108 Å². The quantitative estimate of drug-likeness (QED) is 0.746. The normalized spacial score (nSPS) is 25.7. The van der Waals surface area contributed by atoms with Crippen LogP contribution < -0.4 is 11.1 Å². The fraction of sp³-hybridized carbons (Fsp3) is 0.846. The molecule has 1 heterocycles. The number of amides is 2. The van der Waals surface area contributed by atoms with Crippen molar-refractivity contribution in [3.8, 4) is 0 Å². The highest BCUT2D eigenvalue weighted by molar-refractivity contribution is 5.83. The van der Waals surface area contributed by atoms with Crippen molar-refractivity contribution in [2.75, 3.05) is 19.6 Å². The van der Waals surface area contributed by atoms with Crippen LogP contribution >= 0.6 is 0 Å². The molecule has 102 valence electrons. The lowest BCUT2D eigenvalue weighted by Gasteiger charge is -2.33. The zero-order chi connectivity index (χ0) is 13.1. The largest absolute Gasteiger partial charge is 0.356 e. The summed E-state index contributed by atoms with van der Waals surface area (Å²) < 4.78 is 0. The SMILES string of the molecule is C[C@@H](N)C(=O)N1CCCC(C(=O)NCC2CC2)C1. The number of nitrogens with two attached hydrogens (primary N) is 1. The summed E-state index contributed by atoms with van der Waals surface area (Å²) in [6, 6.07) is -0.474. The molecule has 1 saturated carbocycles. The van der Waals surface area contributed by atoms with Gasteiger partial charge in [-0.15, -0.1) is 0 Å². The first-order valence-electron chi connectivity index (χ1n) is 6.90. The van der Waals surface area contributed by atoms with Crippen LogP contribution in [0.3, 0.4) is 0 Å². The molecule has 5 heteroatoms. The zero-order valence-corrected chi connectivity index (χ0v) is 11.0. The van der Waals surface area contributed by atoms with Crippen LogP contribution in [0.25, 0.3) is 0 Å². The van der Waals surface area contributed by atoms with Gasteiger partial charge in [0.1, 0.15) is 0 Å². The number of hydrogen-bond acceptors (Lipinski definition) is 3. The van der Waals surface area contributed by atoms with Crippen molar-refractivity contribution in [2.24, 2.45) is 17.6 Å². The molecular formula is C13H23N3O2. The molecule has 3 N–H and O–H groups in total. The Morgan fingerprint density at radius 2 is 2.11 bits per heavy atom. The number of carbonyl (C=O) groups is 2. The summed E-state index contributed by atoms with van der Waals surface area (Å²) in [5, 5.41) is 2.99. The van der Waals surface area contributed by atoms with Crippen LogP contribution in [-0.4, -0.2) is 42.4 Å². The Balaban J connectivity index is 1.81. The number of nitrogens with one attached hydrogen (secondary N) is 1. The summed E-state index contributed by atoms with van der Waals surface area (Å²) in [7, 11) is 0. The van der Waals surface area contributed by atoms with Crippen molar-refractivity contribution >= 4 is 11.8 Å². The van der Waals surface area contributed by atoms with Crippen molar-refractivity contribution in [1.82, 2.24) is 10.2 Å². The van der Waals surface area contributed by atoms with Gasteiger partial charge in [0, 0.05) is 19.6 Å². The molecule has 0 aromatic rings. The Kier molecular flexibility index (Phi) is 4.22. The van der Waals surface area contributed by atoms with E-state index in [0.29, 0.717) is 12.5 Å². The number of nitrogens with zero attached hydrogens (tertiary/aromatic N) is 1. The van der Waals surface area contributed by atoms with Crippen molar-refractivity contribution in [2.45, 2.75) is 38.6 Å². The van der Waals surface area contributed by atoms with Crippen molar-refractivity contribution in [3.05, 3.63) is 0 Å². The molecule has 1 saturated heterocycles. The number of piperidine rings is 1. The lowest BCUT2D eigenvalue weighted by Crippen LogP contribution is -2.49. The minimum Gasteiger partial charge on any atom is -0.356 e. The van der Waals surface area contributed by atoms with E-state index in [1.807, 2.05) is 0 Å². The maximum absolute atomic E-state index is 12.0. The van der Waals surface area contributed by atoms with Crippen LogP contribution in [0.4, 0.5) is 0 Å². The lowest BCUT2D eigenvalue weighted by molar-refractivity contribution is -0.136. The maximum Gasteiger partial charge on any atom is 0.239 e. The van der Waals surface area contributed by atoms with E-state index < -0.39 is 6.04 Å². The summed E-state index contributed by atoms with van der Waals surface area (Å²) in [6.45, 7) is 3.75. The lowest BCUT2D eigenvalue weighted by atomic mass is 9.96. The summed E-state index contributed by atoms with van der Waals surface area (Å²) in [6.07, 6.45) is 4.24. The molecule has 2 rings (SSSR count). The molecule has 2 fully saturated rings. The summed E-state index contributed by atoms with van der Waals surface area (Å²) in [5.74, 6) is 0.693. The molecule has 1 unspecified atom stereocenters. The molecule has 2 amide bonds. The van der Waals surface area contributed by atoms with E-state index >= 15 is 0 Å². The predicted octanol–water partition coefficient (Wildman–Crippen LogP) is 0.0984. The highest BCUT2D eigenvalue weighted by Gasteiger charge is 2.30. The molecule has 0 bridgehead atoms. The van der Waals surface area contributed by atoms with Gasteiger partial charge in [0.15, 0.2) is 0 Å². The van der Waals surface area contributed by atoms with Gasteiger partial charge in [-0.3, -0.25) is 9.59 Å². The first-order chi connectivity index (χ1) is 8.58. The Bertz CT molecular complexity index is 326. The summed E-state index contributed by atoms with van der Waals surface area (Å²) in [4.78, 5) is 25.5. The molecule has 0 spiro atoms. The summed E-state index contributed by atoms with van der Waals surface area (Å²) >= 11 is 0. The van der Waals surface area contributed by atoms with Gasteiger partial charge in [-0.05, 0) is 38.5 Å². The minimum atomic E-state index is -0.474. The number of likely N-dealkylation sites (tertiary alicyclic amines) is 1. The standard InChI is InChI=1S/C13H23N3O2/c1-9(14)13(18)16-6-2-3-11(8-16)12(17)15-7-10-4-5-10/h9-11H,2-8,14H2,1H3,(H,15,17)/t9-,11?/m1/s1. The average molecular weight is 253 g/mol. The molecule has 2 aliphatic rings. The van der Waals surface area contributed by atoms with Crippen LogP contribution in [0.5, 0.6) is 0 Å². The van der Waals surface area contributed by atoms with Crippen molar-refractivity contribution < 1.29 is 9.59 Å². The topological polar surface area (TPSA) is 75.4 Å². The van der Waals surface area contributed by atoms with Gasteiger partial charge >= 0.3 is 0 Å². The van der Waals surface area contributed by atoms with E-state index in [1.54, 1.807) is 11.8 Å². The molecule has 2 atom stereocenters. The van der Waals surface area contributed by atoms with E-state index in [-0.39, 0.29) is 17.7 Å². The van der Waals surface area contributed by atoms with Gasteiger partial charge in [-0.2, -0.15) is 0 Å². The minimum absolute atomic E-state index is 0.0466. The molecular weight excluding hydrogens is 230 g/mol. The highest BCUT2D eigenvalue weighted by Crippen LogP contribution is 2.27. The molecule has 5 nitrogen and oxygen atoms in total. The molecule has 0 aromatic heterocycles. The molecule has 1 aliphatic carbocycles. The van der Waals surface area contributed by atoms with Gasteiger partial charge in [-0.25, -0.2) is 0 Å². The monoisotopic (exact) mass is 253 g/mol. The maximum atomic E-state index is 12.0. The Hall–Kier alpha value is -1.10. The second-order valence-corrected chi connectivity index (χ2v) is 5.60. The second kappa shape index (κ2) is 5.69. The average Bonchev–Trinajstić information content (AvgIpc) is 3.19. The predicted molar refractivity (Wildman–Crippen MR) is 68.7 cm³/mol. The molecule has 18 heavy (non-hydrogen) atoms. The van der Waals surface area contributed by atoms with Crippen molar-refractivity contribution in [1.29, 1.82) is 0 Å².